The van der Waals surface area contributed by atoms with Crippen LogP contribution in [0, 0.1) is 31.1 Å². The summed E-state index contributed by atoms with van der Waals surface area (Å²) >= 11 is 1.59. The molecule has 0 atom stereocenters. The van der Waals surface area contributed by atoms with Crippen molar-refractivity contribution in [1.82, 2.24) is 0 Å². The van der Waals surface area contributed by atoms with Crippen molar-refractivity contribution >= 4 is 4.02 Å². The molecule has 1 saturated heterocycles. The molecule has 0 radical (unpaired) electrons. The van der Waals surface area contributed by atoms with Crippen LogP contribution >= 0.6 is 0 Å². The van der Waals surface area contributed by atoms with E-state index >= 15 is 0 Å². The number of hydrogen-bond acceptors (Lipinski definition) is 0. The molecule has 2 rings (SSSR count). The second-order valence-corrected chi connectivity index (χ2v) is 4.78. The Morgan fingerprint density at radius 3 is 2.40 bits per heavy atom. The van der Waals surface area contributed by atoms with E-state index in [1.54, 1.807) is 19.4 Å². The third kappa shape index (κ3) is 2.04. The molecule has 0 bridgehead atoms. The van der Waals surface area contributed by atoms with Gasteiger partial charge in [-0.05, 0) is 0 Å². The van der Waals surface area contributed by atoms with Crippen LogP contribution in [-0.2, 0) is 19.4 Å². The first kappa shape index (κ1) is 9.66. The molecule has 0 unspecified atom stereocenters. The van der Waals surface area contributed by atoms with Gasteiger partial charge in [0, 0.05) is 31.1 Å². The molecular weight excluding hydrogens is 520 g/mol. The molecule has 0 aromatic carbocycles. The van der Waals surface area contributed by atoms with Gasteiger partial charge in [-0.3, -0.25) is 0 Å². The van der Waals surface area contributed by atoms with Crippen molar-refractivity contribution in [2.75, 3.05) is 0 Å². The van der Waals surface area contributed by atoms with Crippen molar-refractivity contribution in [3.8, 4) is 0 Å². The Morgan fingerprint density at radius 2 is 2.00 bits per heavy atom. The van der Waals surface area contributed by atoms with Crippen LogP contribution in [0.3, 0.4) is 0 Å². The molecule has 1 spiro atoms. The van der Waals surface area contributed by atoms with Gasteiger partial charge in [0.2, 0.25) is 0 Å². The number of rotatable bonds is 0. The summed E-state index contributed by atoms with van der Waals surface area (Å²) in [6.07, 6.45) is 6.83. The number of piperidine rings is 1. The summed E-state index contributed by atoms with van der Waals surface area (Å²) in [4.78, 5) is 0. The van der Waals surface area contributed by atoms with Crippen LogP contribution in [-0.4, -0.2) is 9.56 Å². The van der Waals surface area contributed by atoms with Gasteiger partial charge in [0.15, 0.2) is 0 Å². The van der Waals surface area contributed by atoms with Crippen molar-refractivity contribution in [1.29, 1.82) is 0 Å². The van der Waals surface area contributed by atoms with Gasteiger partial charge in [0.05, 0.1) is 0 Å². The zero-order valence-electron chi connectivity index (χ0n) is 5.89. The summed E-state index contributed by atoms with van der Waals surface area (Å²) in [6.45, 7) is 0. The Kier molecular flexibility index (Phi) is 3.40. The van der Waals surface area contributed by atoms with E-state index in [2.05, 4.69) is 5.32 Å². The van der Waals surface area contributed by atoms with Crippen LogP contribution in [0.25, 0.3) is 5.32 Å². The zero-order valence-corrected chi connectivity index (χ0v) is 13.0. The van der Waals surface area contributed by atoms with E-state index in [4.69, 9.17) is 0 Å². The van der Waals surface area contributed by atoms with Crippen molar-refractivity contribution in [3.05, 3.63) is 5.32 Å². The Hall–Kier alpha value is 1.57. The van der Waals surface area contributed by atoms with Crippen LogP contribution in [0.5, 0.6) is 0 Å². The van der Waals surface area contributed by atoms with Gasteiger partial charge >= 0.3 is 66.3 Å². The van der Waals surface area contributed by atoms with Gasteiger partial charge in [0.25, 0.3) is 0 Å². The molecule has 0 aromatic heterocycles. The summed E-state index contributed by atoms with van der Waals surface area (Å²) < 4.78 is 1.47. The molecule has 3 heteroatoms. The van der Waals surface area contributed by atoms with Gasteiger partial charge in [-0.15, -0.1) is 0 Å². The first-order valence-electron chi connectivity index (χ1n) is 3.57. The summed E-state index contributed by atoms with van der Waals surface area (Å²) in [5.41, 5.74) is 0.509. The summed E-state index contributed by atoms with van der Waals surface area (Å²) in [5, 5.41) is 4.68. The Labute approximate surface area is 96.5 Å². The molecule has 1 aliphatic carbocycles. The monoisotopic (exact) mass is 530 g/mol. The third-order valence-electron chi connectivity index (χ3n) is 2.22. The third-order valence-corrected chi connectivity index (χ3v) is 3.28. The van der Waals surface area contributed by atoms with Crippen molar-refractivity contribution in [2.24, 2.45) is 0 Å². The van der Waals surface area contributed by atoms with Crippen LogP contribution in [0.4, 0.5) is 0 Å². The van der Waals surface area contributed by atoms with Gasteiger partial charge < -0.3 is 0 Å². The van der Waals surface area contributed by atoms with E-state index < -0.39 is 0 Å². The zero-order chi connectivity index (χ0) is 6.32. The molecule has 0 N–H and O–H groups in total. The predicted molar refractivity (Wildman–Crippen MR) is 34.2 cm³/mol. The van der Waals surface area contributed by atoms with Gasteiger partial charge in [-0.25, -0.2) is 0 Å². The molecule has 1 heterocycles. The minimum absolute atomic E-state index is 0. The molecule has 0 amide bonds. The van der Waals surface area contributed by atoms with Crippen LogP contribution < -0.4 is 0 Å². The fourth-order valence-electron chi connectivity index (χ4n) is 1.45. The fraction of sp³-hybridized carbons (Fsp3) is 0.857. The number of nitrogens with zero attached hydrogens (tertiary/aromatic N) is 1. The fourth-order valence-corrected chi connectivity index (χ4v) is 2.67. The molecule has 1 nitrogen and oxygen atoms in total. The molecule has 10 heavy (non-hydrogen) atoms. The predicted octanol–water partition coefficient (Wildman–Crippen LogP) is 1.75. The molecule has 1 aliphatic heterocycles. The molecule has 2 fully saturated rings. The summed E-state index contributed by atoms with van der Waals surface area (Å²) in [6, 6.07) is 0. The molecule has 54 valence electrons. The van der Waals surface area contributed by atoms with E-state index in [1.807, 2.05) is 0 Å². The van der Waals surface area contributed by atoms with Crippen LogP contribution in [0.15, 0.2) is 0 Å². The summed E-state index contributed by atoms with van der Waals surface area (Å²) in [5.74, 6) is 0. The normalized spacial score (nSPS) is 27.8. The molecule has 0 aromatic rings. The molecular formula is C7H10NUW-. The molecule has 2 aliphatic rings. The second kappa shape index (κ2) is 3.53. The average Bonchev–Trinajstić information content (AvgIpc) is 2.49. The minimum atomic E-state index is 0. The van der Waals surface area contributed by atoms with E-state index in [1.165, 1.54) is 36.1 Å². The Morgan fingerprint density at radius 1 is 1.30 bits per heavy atom. The van der Waals surface area contributed by atoms with E-state index in [0.717, 1.165) is 0 Å². The van der Waals surface area contributed by atoms with Crippen molar-refractivity contribution in [2.45, 2.75) is 37.6 Å². The summed E-state index contributed by atoms with van der Waals surface area (Å²) in [7, 11) is 0. The topological polar surface area (TPSA) is 14.1 Å². The van der Waals surface area contributed by atoms with E-state index in [9.17, 15) is 0 Å². The Balaban J connectivity index is 0.000000500. The van der Waals surface area contributed by atoms with Gasteiger partial charge in [-0.2, -0.15) is 0 Å². The van der Waals surface area contributed by atoms with Gasteiger partial charge in [0.1, 0.15) is 0 Å². The van der Waals surface area contributed by atoms with Crippen molar-refractivity contribution in [3.63, 3.8) is 0 Å². The first-order chi connectivity index (χ1) is 4.31. The van der Waals surface area contributed by atoms with E-state index in [-0.39, 0.29) is 31.1 Å². The van der Waals surface area contributed by atoms with E-state index in [0.29, 0.717) is 5.54 Å². The molecule has 1 saturated carbocycles. The quantitative estimate of drug-likeness (QED) is 0.454. The Bertz CT molecular complexity index is 154. The van der Waals surface area contributed by atoms with Gasteiger partial charge in [-0.1, -0.05) is 0 Å². The van der Waals surface area contributed by atoms with Crippen molar-refractivity contribution < 1.29 is 50.5 Å². The average molecular weight is 530 g/mol. The standard InChI is InChI=1S/C7H10N.U.W/c1-2-6-8-7(3-1)4-5-7;;/h1-5H2;;/q-1;;. The van der Waals surface area contributed by atoms with Crippen LogP contribution in [0.2, 0.25) is 0 Å². The SMILES string of the molecule is [U].[W]=[C]1CCCC2(CC2)[N-]1. The van der Waals surface area contributed by atoms with Crippen LogP contribution in [0.1, 0.15) is 32.1 Å². The number of hydrogen-bond donors (Lipinski definition) is 0. The maximum atomic E-state index is 4.68. The second-order valence-electron chi connectivity index (χ2n) is 3.08. The maximum absolute atomic E-state index is 4.68. The first-order valence-corrected chi connectivity index (χ1v) is 5.03.